The first kappa shape index (κ1) is 18.7. The van der Waals surface area contributed by atoms with E-state index < -0.39 is 42.5 Å². The fraction of sp³-hybridized carbons (Fsp3) is 0.688. The number of carbonyl (C=O) groups is 4. The molecule has 1 heterocycles. The topological polar surface area (TPSA) is 129 Å². The lowest BCUT2D eigenvalue weighted by Gasteiger charge is -2.36. The highest BCUT2D eigenvalue weighted by molar-refractivity contribution is 6.09. The van der Waals surface area contributed by atoms with Gasteiger partial charge in [0.2, 0.25) is 0 Å². The summed E-state index contributed by atoms with van der Waals surface area (Å²) in [7, 11) is 0. The lowest BCUT2D eigenvalue weighted by molar-refractivity contribution is -0.151. The van der Waals surface area contributed by atoms with Crippen molar-refractivity contribution in [1.82, 2.24) is 15.5 Å². The van der Waals surface area contributed by atoms with Gasteiger partial charge in [-0.3, -0.25) is 19.3 Å². The van der Waals surface area contributed by atoms with E-state index in [4.69, 9.17) is 10.00 Å². The molecule has 1 aliphatic heterocycles. The Balaban J connectivity index is 1.86. The SMILES string of the molecule is C[C@H]1CCCC[C@]12NC(=O)N(CC(=O)OCC(=O)NCCC#N)C2=O. The summed E-state index contributed by atoms with van der Waals surface area (Å²) < 4.78 is 4.79. The second-order valence-electron chi connectivity index (χ2n) is 6.36. The summed E-state index contributed by atoms with van der Waals surface area (Å²) in [5.74, 6) is -1.78. The number of nitriles is 1. The van der Waals surface area contributed by atoms with Crippen molar-refractivity contribution in [2.24, 2.45) is 5.92 Å². The molecule has 1 spiro atoms. The van der Waals surface area contributed by atoms with Crippen LogP contribution >= 0.6 is 0 Å². The van der Waals surface area contributed by atoms with Crippen LogP contribution in [0.3, 0.4) is 0 Å². The van der Waals surface area contributed by atoms with Crippen molar-refractivity contribution >= 4 is 23.8 Å². The van der Waals surface area contributed by atoms with Crippen LogP contribution in [0.1, 0.15) is 39.0 Å². The van der Waals surface area contributed by atoms with Crippen molar-refractivity contribution in [3.05, 3.63) is 0 Å². The van der Waals surface area contributed by atoms with Gasteiger partial charge in [-0.05, 0) is 18.8 Å². The second-order valence-corrected chi connectivity index (χ2v) is 6.36. The predicted octanol–water partition coefficient (Wildman–Crippen LogP) is 0.0602. The molecule has 0 aromatic rings. The summed E-state index contributed by atoms with van der Waals surface area (Å²) in [6.07, 6.45) is 3.41. The summed E-state index contributed by atoms with van der Waals surface area (Å²) in [5.41, 5.74) is -0.926. The molecule has 25 heavy (non-hydrogen) atoms. The molecule has 2 atom stereocenters. The third kappa shape index (κ3) is 4.07. The fourth-order valence-corrected chi connectivity index (χ4v) is 3.27. The van der Waals surface area contributed by atoms with Gasteiger partial charge in [-0.15, -0.1) is 0 Å². The molecule has 2 rings (SSSR count). The Kier molecular flexibility index (Phi) is 5.96. The molecule has 9 heteroatoms. The van der Waals surface area contributed by atoms with E-state index in [0.29, 0.717) is 6.42 Å². The highest BCUT2D eigenvalue weighted by atomic mass is 16.5. The van der Waals surface area contributed by atoms with Gasteiger partial charge in [0.1, 0.15) is 12.1 Å². The van der Waals surface area contributed by atoms with E-state index in [1.807, 2.05) is 13.0 Å². The third-order valence-electron chi connectivity index (χ3n) is 4.71. The number of nitrogens with one attached hydrogen (secondary N) is 2. The average molecular weight is 350 g/mol. The number of nitrogens with zero attached hydrogens (tertiary/aromatic N) is 2. The highest BCUT2D eigenvalue weighted by Gasteiger charge is 2.55. The van der Waals surface area contributed by atoms with Crippen molar-refractivity contribution in [1.29, 1.82) is 5.26 Å². The zero-order valence-electron chi connectivity index (χ0n) is 14.2. The van der Waals surface area contributed by atoms with Crippen LogP contribution in [0.5, 0.6) is 0 Å². The van der Waals surface area contributed by atoms with Crippen LogP contribution in [-0.4, -0.2) is 54.0 Å². The highest BCUT2D eigenvalue weighted by Crippen LogP contribution is 2.38. The molecule has 4 amide bonds. The zero-order chi connectivity index (χ0) is 18.4. The number of amides is 4. The Morgan fingerprint density at radius 2 is 2.20 bits per heavy atom. The van der Waals surface area contributed by atoms with Crippen LogP contribution in [0, 0.1) is 17.2 Å². The van der Waals surface area contributed by atoms with E-state index in [-0.39, 0.29) is 18.9 Å². The lowest BCUT2D eigenvalue weighted by atomic mass is 9.73. The molecular weight excluding hydrogens is 328 g/mol. The zero-order valence-corrected chi connectivity index (χ0v) is 14.2. The number of imide groups is 1. The number of urea groups is 1. The van der Waals surface area contributed by atoms with E-state index in [1.54, 1.807) is 0 Å². The van der Waals surface area contributed by atoms with Crippen molar-refractivity contribution in [3.8, 4) is 6.07 Å². The predicted molar refractivity (Wildman–Crippen MR) is 84.8 cm³/mol. The first-order valence-electron chi connectivity index (χ1n) is 8.34. The van der Waals surface area contributed by atoms with E-state index >= 15 is 0 Å². The van der Waals surface area contributed by atoms with Crippen LogP contribution in [0.2, 0.25) is 0 Å². The van der Waals surface area contributed by atoms with Crippen LogP contribution < -0.4 is 10.6 Å². The number of hydrogen-bond acceptors (Lipinski definition) is 6. The average Bonchev–Trinajstić information content (AvgIpc) is 2.81. The minimum atomic E-state index is -0.926. The van der Waals surface area contributed by atoms with Crippen LogP contribution in [0.25, 0.3) is 0 Å². The summed E-state index contributed by atoms with van der Waals surface area (Å²) in [4.78, 5) is 48.9. The number of hydrogen-bond donors (Lipinski definition) is 2. The van der Waals surface area contributed by atoms with Gasteiger partial charge >= 0.3 is 12.0 Å². The van der Waals surface area contributed by atoms with Gasteiger partial charge in [-0.25, -0.2) is 4.79 Å². The number of esters is 1. The summed E-state index contributed by atoms with van der Waals surface area (Å²) in [6, 6.07) is 1.26. The number of rotatable bonds is 6. The summed E-state index contributed by atoms with van der Waals surface area (Å²) in [5, 5.41) is 13.5. The summed E-state index contributed by atoms with van der Waals surface area (Å²) >= 11 is 0. The first-order chi connectivity index (χ1) is 11.9. The molecular formula is C16H22N4O5. The molecule has 2 aliphatic rings. The fourth-order valence-electron chi connectivity index (χ4n) is 3.27. The molecule has 2 N–H and O–H groups in total. The van der Waals surface area contributed by atoms with E-state index in [9.17, 15) is 19.2 Å². The molecule has 0 aromatic heterocycles. The monoisotopic (exact) mass is 350 g/mol. The maximum Gasteiger partial charge on any atom is 0.326 e. The second kappa shape index (κ2) is 7.96. The van der Waals surface area contributed by atoms with E-state index in [1.165, 1.54) is 0 Å². The Morgan fingerprint density at radius 1 is 1.44 bits per heavy atom. The minimum Gasteiger partial charge on any atom is -0.454 e. The van der Waals surface area contributed by atoms with Crippen molar-refractivity contribution in [2.75, 3.05) is 19.7 Å². The number of carbonyl (C=O) groups excluding carboxylic acids is 4. The molecule has 0 unspecified atom stereocenters. The molecule has 0 radical (unpaired) electrons. The third-order valence-corrected chi connectivity index (χ3v) is 4.71. The van der Waals surface area contributed by atoms with Gasteiger partial charge in [0, 0.05) is 6.54 Å². The Labute approximate surface area is 145 Å². The van der Waals surface area contributed by atoms with Crippen molar-refractivity contribution < 1.29 is 23.9 Å². The number of ether oxygens (including phenoxy) is 1. The van der Waals surface area contributed by atoms with Gasteiger partial charge in [-0.2, -0.15) is 5.26 Å². The smallest absolute Gasteiger partial charge is 0.326 e. The van der Waals surface area contributed by atoms with Crippen LogP contribution in [0.15, 0.2) is 0 Å². The normalized spacial score (nSPS) is 25.4. The molecule has 136 valence electrons. The molecule has 1 saturated heterocycles. The maximum atomic E-state index is 12.7. The van der Waals surface area contributed by atoms with E-state index in [2.05, 4.69) is 10.6 Å². The standard InChI is InChI=1S/C16H22N4O5/c1-11-5-2-3-6-16(11)14(23)20(15(24)19-16)9-13(22)25-10-12(21)18-8-4-7-17/h11H,2-6,8-10H2,1H3,(H,18,21)(H,19,24)/t11-,16-/m0/s1. The van der Waals surface area contributed by atoms with E-state index in [0.717, 1.165) is 24.2 Å². The lowest BCUT2D eigenvalue weighted by Crippen LogP contribution is -2.54. The largest absolute Gasteiger partial charge is 0.454 e. The van der Waals surface area contributed by atoms with Crippen molar-refractivity contribution in [3.63, 3.8) is 0 Å². The molecule has 1 aliphatic carbocycles. The van der Waals surface area contributed by atoms with Gasteiger partial charge in [0.05, 0.1) is 12.5 Å². The quantitative estimate of drug-likeness (QED) is 0.396. The molecule has 0 aromatic carbocycles. The maximum absolute atomic E-state index is 12.7. The Morgan fingerprint density at radius 3 is 2.88 bits per heavy atom. The van der Waals surface area contributed by atoms with Crippen LogP contribution in [0.4, 0.5) is 4.79 Å². The van der Waals surface area contributed by atoms with Crippen molar-refractivity contribution in [2.45, 2.75) is 44.6 Å². The Hall–Kier alpha value is -2.63. The molecule has 0 bridgehead atoms. The Bertz CT molecular complexity index is 614. The molecule has 1 saturated carbocycles. The van der Waals surface area contributed by atoms with Gasteiger partial charge in [0.15, 0.2) is 6.61 Å². The molecule has 9 nitrogen and oxygen atoms in total. The van der Waals surface area contributed by atoms with Crippen LogP contribution in [-0.2, 0) is 19.1 Å². The van der Waals surface area contributed by atoms with Gasteiger partial charge in [-0.1, -0.05) is 19.8 Å². The molecule has 2 fully saturated rings. The minimum absolute atomic E-state index is 0.00429. The van der Waals surface area contributed by atoms with Gasteiger partial charge < -0.3 is 15.4 Å². The summed E-state index contributed by atoms with van der Waals surface area (Å²) in [6.45, 7) is 1.05. The first-order valence-corrected chi connectivity index (χ1v) is 8.34. The van der Waals surface area contributed by atoms with Gasteiger partial charge in [0.25, 0.3) is 11.8 Å².